The smallest absolute Gasteiger partial charge is 0.0972 e. The normalized spacial score (nSPS) is 11.7. The van der Waals surface area contributed by atoms with Crippen molar-refractivity contribution in [3.05, 3.63) is 108 Å². The van der Waals surface area contributed by atoms with Crippen molar-refractivity contribution in [2.45, 2.75) is 24.8 Å². The van der Waals surface area contributed by atoms with Crippen LogP contribution >= 0.6 is 0 Å². The minimum Gasteiger partial charge on any atom is -0.330 e. The van der Waals surface area contributed by atoms with Gasteiger partial charge >= 0.3 is 0 Å². The predicted octanol–water partition coefficient (Wildman–Crippen LogP) is 3.96. The van der Waals surface area contributed by atoms with E-state index in [4.69, 9.17) is 11.5 Å². The quantitative estimate of drug-likeness (QED) is 0.268. The van der Waals surface area contributed by atoms with E-state index in [0.717, 1.165) is 52.0 Å². The van der Waals surface area contributed by atoms with Gasteiger partial charge < -0.3 is 16.8 Å². The van der Waals surface area contributed by atoms with Crippen LogP contribution in [0.5, 0.6) is 0 Å². The fraction of sp³-hybridized carbons (Fsp3) is 0.357. The number of nitrogens with two attached hydrogens (primary N) is 2. The number of nitrogens with one attached hydrogen (secondary N) is 1. The molecule has 32 heavy (non-hydrogen) atoms. The van der Waals surface area contributed by atoms with Crippen LogP contribution < -0.4 is 16.8 Å². The number of rotatable bonds is 14. The van der Waals surface area contributed by atoms with E-state index in [-0.39, 0.29) is 5.54 Å². The summed E-state index contributed by atoms with van der Waals surface area (Å²) in [6.07, 6.45) is 3.02. The lowest BCUT2D eigenvalue weighted by Crippen LogP contribution is -2.49. The molecule has 0 atom stereocenters. The van der Waals surface area contributed by atoms with Gasteiger partial charge in [0.1, 0.15) is 0 Å². The molecule has 0 aliphatic rings. The first kappa shape index (κ1) is 24.1. The summed E-state index contributed by atoms with van der Waals surface area (Å²) in [5.74, 6) is 0. The summed E-state index contributed by atoms with van der Waals surface area (Å²) in [6, 6.07) is 32.7. The fourth-order valence-corrected chi connectivity index (χ4v) is 4.56. The lowest BCUT2D eigenvalue weighted by atomic mass is 9.75. The van der Waals surface area contributed by atoms with Crippen LogP contribution in [0.2, 0.25) is 0 Å². The average Bonchev–Trinajstić information content (AvgIpc) is 2.86. The van der Waals surface area contributed by atoms with Crippen molar-refractivity contribution in [2.75, 3.05) is 39.3 Å². The minimum absolute atomic E-state index is 0.379. The molecule has 5 N–H and O–H groups in total. The molecule has 0 aliphatic heterocycles. The van der Waals surface area contributed by atoms with Crippen molar-refractivity contribution in [2.24, 2.45) is 11.5 Å². The summed E-state index contributed by atoms with van der Waals surface area (Å²) in [6.45, 7) is 5.26. The molecule has 0 aromatic heterocycles. The summed E-state index contributed by atoms with van der Waals surface area (Å²) < 4.78 is 0. The lowest BCUT2D eigenvalue weighted by Gasteiger charge is -2.46. The molecule has 3 rings (SSSR count). The van der Waals surface area contributed by atoms with Crippen LogP contribution in [0.15, 0.2) is 91.0 Å². The largest absolute Gasteiger partial charge is 0.330 e. The second kappa shape index (κ2) is 13.1. The molecule has 0 saturated heterocycles. The number of benzene rings is 3. The Kier molecular flexibility index (Phi) is 9.92. The molecule has 0 fully saturated rings. The van der Waals surface area contributed by atoms with E-state index in [0.29, 0.717) is 6.54 Å². The summed E-state index contributed by atoms with van der Waals surface area (Å²) in [5.41, 5.74) is 15.1. The zero-order chi connectivity index (χ0) is 22.5. The van der Waals surface area contributed by atoms with E-state index in [9.17, 15) is 0 Å². The Bertz CT molecular complexity index is 771. The molecule has 4 nitrogen and oxygen atoms in total. The highest BCUT2D eigenvalue weighted by atomic mass is 15.2. The topological polar surface area (TPSA) is 67.3 Å². The van der Waals surface area contributed by atoms with Gasteiger partial charge in [0.05, 0.1) is 5.54 Å². The zero-order valence-corrected chi connectivity index (χ0v) is 19.1. The second-order valence-corrected chi connectivity index (χ2v) is 8.18. The highest BCUT2D eigenvalue weighted by Gasteiger charge is 2.41. The molecule has 0 unspecified atom stereocenters. The van der Waals surface area contributed by atoms with Gasteiger partial charge in [-0.3, -0.25) is 4.90 Å². The van der Waals surface area contributed by atoms with E-state index in [1.54, 1.807) is 0 Å². The molecule has 3 aromatic rings. The van der Waals surface area contributed by atoms with E-state index in [1.807, 2.05) is 0 Å². The first-order valence-corrected chi connectivity index (χ1v) is 11.9. The average molecular weight is 431 g/mol. The van der Waals surface area contributed by atoms with Gasteiger partial charge in [0.25, 0.3) is 0 Å². The van der Waals surface area contributed by atoms with Gasteiger partial charge in [-0.2, -0.15) is 0 Å². The molecule has 0 radical (unpaired) electrons. The van der Waals surface area contributed by atoms with Gasteiger partial charge in [0.2, 0.25) is 0 Å². The molecule has 0 aliphatic carbocycles. The predicted molar refractivity (Wildman–Crippen MR) is 136 cm³/mol. The molecular formula is C28H38N4. The van der Waals surface area contributed by atoms with Crippen molar-refractivity contribution in [3.8, 4) is 0 Å². The van der Waals surface area contributed by atoms with Gasteiger partial charge in [-0.15, -0.1) is 0 Å². The van der Waals surface area contributed by atoms with Crippen LogP contribution in [0.1, 0.15) is 36.0 Å². The van der Waals surface area contributed by atoms with Crippen molar-refractivity contribution >= 4 is 0 Å². The van der Waals surface area contributed by atoms with Crippen LogP contribution in [0.25, 0.3) is 0 Å². The lowest BCUT2D eigenvalue weighted by molar-refractivity contribution is 0.153. The summed E-state index contributed by atoms with van der Waals surface area (Å²) >= 11 is 0. The van der Waals surface area contributed by atoms with Gasteiger partial charge in [-0.1, -0.05) is 91.0 Å². The van der Waals surface area contributed by atoms with Gasteiger partial charge in [-0.05, 0) is 62.1 Å². The Hall–Kier alpha value is -2.50. The van der Waals surface area contributed by atoms with Gasteiger partial charge in [0.15, 0.2) is 0 Å². The molecule has 4 heteroatoms. The van der Waals surface area contributed by atoms with Gasteiger partial charge in [-0.25, -0.2) is 0 Å². The van der Waals surface area contributed by atoms with Crippen LogP contribution in [0, 0.1) is 0 Å². The fourth-order valence-electron chi connectivity index (χ4n) is 4.56. The van der Waals surface area contributed by atoms with Crippen molar-refractivity contribution in [1.82, 2.24) is 10.2 Å². The maximum absolute atomic E-state index is 5.99. The molecule has 0 spiro atoms. The van der Waals surface area contributed by atoms with Gasteiger partial charge in [0, 0.05) is 13.1 Å². The monoisotopic (exact) mass is 430 g/mol. The molecule has 0 bridgehead atoms. The third kappa shape index (κ3) is 5.84. The molecule has 0 amide bonds. The SMILES string of the molecule is NCCCNCCCN(CCCN)C(c1ccccc1)(c1ccccc1)c1ccccc1. The van der Waals surface area contributed by atoms with E-state index in [1.165, 1.54) is 16.7 Å². The van der Waals surface area contributed by atoms with Crippen LogP contribution in [0.3, 0.4) is 0 Å². The standard InChI is InChI=1S/C28H38N4/c29-19-10-21-31-22-12-24-32(23-11-20-30)28(25-13-4-1-5-14-25,26-15-6-2-7-16-26)27-17-8-3-9-18-27/h1-9,13-18,31H,10-12,19-24,29-30H2. The third-order valence-electron chi connectivity index (χ3n) is 6.02. The number of hydrogen-bond donors (Lipinski definition) is 3. The van der Waals surface area contributed by atoms with Crippen molar-refractivity contribution in [3.63, 3.8) is 0 Å². The molecule has 3 aromatic carbocycles. The Labute approximate surface area is 193 Å². The molecule has 170 valence electrons. The summed E-state index contributed by atoms with van der Waals surface area (Å²) in [7, 11) is 0. The molecule has 0 heterocycles. The minimum atomic E-state index is -0.379. The number of hydrogen-bond acceptors (Lipinski definition) is 4. The van der Waals surface area contributed by atoms with E-state index >= 15 is 0 Å². The van der Waals surface area contributed by atoms with Crippen LogP contribution in [-0.2, 0) is 5.54 Å². The Morgan fingerprint density at radius 3 is 1.41 bits per heavy atom. The highest BCUT2D eigenvalue weighted by Crippen LogP contribution is 2.42. The third-order valence-corrected chi connectivity index (χ3v) is 6.02. The Morgan fingerprint density at radius 2 is 0.969 bits per heavy atom. The summed E-state index contributed by atoms with van der Waals surface area (Å²) in [4.78, 5) is 2.63. The zero-order valence-electron chi connectivity index (χ0n) is 19.1. The Morgan fingerprint density at radius 1 is 0.562 bits per heavy atom. The van der Waals surface area contributed by atoms with Crippen molar-refractivity contribution < 1.29 is 0 Å². The highest BCUT2D eigenvalue weighted by molar-refractivity contribution is 5.49. The first-order chi connectivity index (χ1) is 15.8. The molecule has 0 saturated carbocycles. The number of nitrogens with zero attached hydrogens (tertiary/aromatic N) is 1. The van der Waals surface area contributed by atoms with E-state index in [2.05, 4.69) is 101 Å². The Balaban J connectivity index is 2.07. The maximum Gasteiger partial charge on any atom is 0.0972 e. The molecular weight excluding hydrogens is 392 g/mol. The van der Waals surface area contributed by atoms with Crippen molar-refractivity contribution in [1.29, 1.82) is 0 Å². The summed E-state index contributed by atoms with van der Waals surface area (Å²) in [5, 5.41) is 3.54. The van der Waals surface area contributed by atoms with Crippen LogP contribution in [-0.4, -0.2) is 44.2 Å². The first-order valence-electron chi connectivity index (χ1n) is 11.9. The van der Waals surface area contributed by atoms with E-state index < -0.39 is 0 Å². The van der Waals surface area contributed by atoms with Crippen LogP contribution in [0.4, 0.5) is 0 Å². The maximum atomic E-state index is 5.99. The second-order valence-electron chi connectivity index (χ2n) is 8.18.